The lowest BCUT2D eigenvalue weighted by atomic mass is 10.0. The van der Waals surface area contributed by atoms with Gasteiger partial charge in [-0.15, -0.1) is 0 Å². The molecule has 2 atom stereocenters. The summed E-state index contributed by atoms with van der Waals surface area (Å²) in [4.78, 5) is 22.5. The van der Waals surface area contributed by atoms with Gasteiger partial charge >= 0.3 is 5.97 Å². The Labute approximate surface area is 97.7 Å². The molecule has 0 heterocycles. The summed E-state index contributed by atoms with van der Waals surface area (Å²) in [7, 11) is 0. The Kier molecular flexibility index (Phi) is 7.60. The van der Waals surface area contributed by atoms with E-state index in [2.05, 4.69) is 19.2 Å². The number of nitrogens with one attached hydrogen (secondary N) is 1. The van der Waals surface area contributed by atoms with E-state index in [0.717, 1.165) is 6.42 Å². The van der Waals surface area contributed by atoms with E-state index in [1.54, 1.807) is 6.92 Å². The lowest BCUT2D eigenvalue weighted by Gasteiger charge is -2.19. The average Bonchev–Trinajstić information content (AvgIpc) is 2.25. The Hall–Kier alpha value is -1.06. The fourth-order valence-electron chi connectivity index (χ4n) is 1.27. The van der Waals surface area contributed by atoms with E-state index in [4.69, 9.17) is 4.74 Å². The molecular formula is C12H23NO3. The highest BCUT2D eigenvalue weighted by atomic mass is 16.5. The van der Waals surface area contributed by atoms with Crippen LogP contribution in [-0.4, -0.2) is 24.5 Å². The van der Waals surface area contributed by atoms with Crippen molar-refractivity contribution >= 4 is 11.9 Å². The monoisotopic (exact) mass is 229 g/mol. The van der Waals surface area contributed by atoms with Crippen molar-refractivity contribution in [2.45, 2.75) is 53.0 Å². The predicted molar refractivity (Wildman–Crippen MR) is 62.9 cm³/mol. The molecule has 0 aromatic rings. The number of carbonyl (C=O) groups excluding carboxylic acids is 2. The molecule has 0 rings (SSSR count). The highest BCUT2D eigenvalue weighted by Crippen LogP contribution is 2.07. The Bertz CT molecular complexity index is 228. The summed E-state index contributed by atoms with van der Waals surface area (Å²) in [5.41, 5.74) is 0. The third-order valence-corrected chi connectivity index (χ3v) is 2.75. The minimum Gasteiger partial charge on any atom is -0.466 e. The molecule has 0 aliphatic carbocycles. The van der Waals surface area contributed by atoms with Crippen LogP contribution in [0.2, 0.25) is 0 Å². The first-order valence-corrected chi connectivity index (χ1v) is 5.96. The maximum atomic E-state index is 11.5. The van der Waals surface area contributed by atoms with Crippen molar-refractivity contribution in [2.75, 3.05) is 6.61 Å². The molecule has 0 aliphatic heterocycles. The zero-order valence-electron chi connectivity index (χ0n) is 10.7. The van der Waals surface area contributed by atoms with E-state index in [1.165, 1.54) is 0 Å². The molecule has 0 saturated carbocycles. The van der Waals surface area contributed by atoms with Gasteiger partial charge in [-0.05, 0) is 19.8 Å². The molecule has 0 saturated heterocycles. The molecule has 0 fully saturated rings. The Morgan fingerprint density at radius 2 is 1.81 bits per heavy atom. The molecule has 0 radical (unpaired) electrons. The molecule has 0 aliphatic rings. The summed E-state index contributed by atoms with van der Waals surface area (Å²) < 4.78 is 4.75. The van der Waals surface area contributed by atoms with Gasteiger partial charge in [0.1, 0.15) is 0 Å². The van der Waals surface area contributed by atoms with Crippen molar-refractivity contribution < 1.29 is 14.3 Å². The van der Waals surface area contributed by atoms with Crippen molar-refractivity contribution in [1.29, 1.82) is 0 Å². The normalized spacial score (nSPS) is 14.0. The first kappa shape index (κ1) is 14.9. The number of amides is 1. The molecule has 0 spiro atoms. The number of carbonyl (C=O) groups is 2. The van der Waals surface area contributed by atoms with Crippen molar-refractivity contribution in [3.8, 4) is 0 Å². The highest BCUT2D eigenvalue weighted by Gasteiger charge is 2.14. The number of rotatable bonds is 7. The second kappa shape index (κ2) is 8.13. The van der Waals surface area contributed by atoms with Gasteiger partial charge in [0.15, 0.2) is 0 Å². The fourth-order valence-corrected chi connectivity index (χ4v) is 1.27. The third kappa shape index (κ3) is 6.43. The van der Waals surface area contributed by atoms with E-state index in [-0.39, 0.29) is 30.8 Å². The molecule has 94 valence electrons. The lowest BCUT2D eigenvalue weighted by Crippen LogP contribution is -2.37. The van der Waals surface area contributed by atoms with Crippen LogP contribution < -0.4 is 5.32 Å². The second-order valence-corrected chi connectivity index (χ2v) is 4.05. The standard InChI is InChI=1S/C12H23NO3/c1-5-9(3)10(4)13-11(14)7-8-12(15)16-6-2/h9-10H,5-8H2,1-4H3,(H,13,14). The smallest absolute Gasteiger partial charge is 0.306 e. The van der Waals surface area contributed by atoms with Crippen molar-refractivity contribution in [1.82, 2.24) is 5.32 Å². The van der Waals surface area contributed by atoms with Crippen LogP contribution in [0, 0.1) is 5.92 Å². The van der Waals surface area contributed by atoms with Crippen molar-refractivity contribution in [2.24, 2.45) is 5.92 Å². The number of ether oxygens (including phenoxy) is 1. The Morgan fingerprint density at radius 3 is 2.31 bits per heavy atom. The van der Waals surface area contributed by atoms with Crippen LogP contribution >= 0.6 is 0 Å². The molecular weight excluding hydrogens is 206 g/mol. The molecule has 0 aromatic carbocycles. The van der Waals surface area contributed by atoms with E-state index in [1.807, 2.05) is 6.92 Å². The van der Waals surface area contributed by atoms with Crippen LogP contribution in [0.4, 0.5) is 0 Å². The molecule has 4 heteroatoms. The molecule has 0 aromatic heterocycles. The van der Waals surface area contributed by atoms with Gasteiger partial charge in [-0.25, -0.2) is 0 Å². The maximum absolute atomic E-state index is 11.5. The number of esters is 1. The zero-order chi connectivity index (χ0) is 12.6. The minimum atomic E-state index is -0.311. The quantitative estimate of drug-likeness (QED) is 0.678. The Morgan fingerprint density at radius 1 is 1.19 bits per heavy atom. The van der Waals surface area contributed by atoms with Gasteiger partial charge in [-0.2, -0.15) is 0 Å². The molecule has 2 unspecified atom stereocenters. The van der Waals surface area contributed by atoms with Crippen LogP contribution in [0.25, 0.3) is 0 Å². The van der Waals surface area contributed by atoms with Crippen molar-refractivity contribution in [3.63, 3.8) is 0 Å². The summed E-state index contributed by atoms with van der Waals surface area (Å²) in [6.45, 7) is 8.28. The van der Waals surface area contributed by atoms with Crippen LogP contribution in [0.3, 0.4) is 0 Å². The van der Waals surface area contributed by atoms with E-state index in [0.29, 0.717) is 12.5 Å². The van der Waals surface area contributed by atoms with Gasteiger partial charge in [0.05, 0.1) is 13.0 Å². The van der Waals surface area contributed by atoms with Gasteiger partial charge in [0.25, 0.3) is 0 Å². The summed E-state index contributed by atoms with van der Waals surface area (Å²) in [6.07, 6.45) is 1.39. The van der Waals surface area contributed by atoms with Gasteiger partial charge < -0.3 is 10.1 Å². The van der Waals surface area contributed by atoms with Crippen molar-refractivity contribution in [3.05, 3.63) is 0 Å². The second-order valence-electron chi connectivity index (χ2n) is 4.05. The summed E-state index contributed by atoms with van der Waals surface area (Å²) >= 11 is 0. The zero-order valence-corrected chi connectivity index (χ0v) is 10.7. The van der Waals surface area contributed by atoms with Crippen LogP contribution in [0.5, 0.6) is 0 Å². The first-order chi connectivity index (χ1) is 7.51. The highest BCUT2D eigenvalue weighted by molar-refractivity contribution is 5.81. The molecule has 0 bridgehead atoms. The van der Waals surface area contributed by atoms with E-state index >= 15 is 0 Å². The molecule has 1 amide bonds. The topological polar surface area (TPSA) is 55.4 Å². The molecule has 16 heavy (non-hydrogen) atoms. The van der Waals surface area contributed by atoms with E-state index < -0.39 is 0 Å². The van der Waals surface area contributed by atoms with Gasteiger partial charge in [0.2, 0.25) is 5.91 Å². The predicted octanol–water partition coefficient (Wildman–Crippen LogP) is 1.88. The summed E-state index contributed by atoms with van der Waals surface area (Å²) in [6, 6.07) is 0.152. The first-order valence-electron chi connectivity index (χ1n) is 5.96. The molecule has 4 nitrogen and oxygen atoms in total. The summed E-state index contributed by atoms with van der Waals surface area (Å²) in [5, 5.41) is 2.88. The van der Waals surface area contributed by atoms with Crippen LogP contribution in [-0.2, 0) is 14.3 Å². The number of hydrogen-bond donors (Lipinski definition) is 1. The van der Waals surface area contributed by atoms with Crippen LogP contribution in [0.1, 0.15) is 47.0 Å². The fraction of sp³-hybridized carbons (Fsp3) is 0.833. The Balaban J connectivity index is 3.78. The van der Waals surface area contributed by atoms with Gasteiger partial charge in [-0.3, -0.25) is 9.59 Å². The van der Waals surface area contributed by atoms with Gasteiger partial charge in [0, 0.05) is 12.5 Å². The summed E-state index contributed by atoms with van der Waals surface area (Å²) in [5.74, 6) is 0.0567. The van der Waals surface area contributed by atoms with Crippen LogP contribution in [0.15, 0.2) is 0 Å². The minimum absolute atomic E-state index is 0.0825. The number of hydrogen-bond acceptors (Lipinski definition) is 3. The van der Waals surface area contributed by atoms with E-state index in [9.17, 15) is 9.59 Å². The van der Waals surface area contributed by atoms with Gasteiger partial charge in [-0.1, -0.05) is 20.3 Å². The largest absolute Gasteiger partial charge is 0.466 e. The average molecular weight is 229 g/mol. The maximum Gasteiger partial charge on any atom is 0.306 e. The molecule has 1 N–H and O–H groups in total. The lowest BCUT2D eigenvalue weighted by molar-refractivity contribution is -0.144. The SMILES string of the molecule is CCOC(=O)CCC(=O)NC(C)C(C)CC. The third-order valence-electron chi connectivity index (χ3n) is 2.75.